The van der Waals surface area contributed by atoms with E-state index in [0.717, 1.165) is 22.4 Å². The monoisotopic (exact) mass is 514 g/mol. The first-order chi connectivity index (χ1) is 17.5. The van der Waals surface area contributed by atoms with Gasteiger partial charge in [0.25, 0.3) is 0 Å². The lowest BCUT2D eigenvalue weighted by Crippen LogP contribution is -2.45. The number of fused-ring (bicyclic) bond motifs is 1. The molecule has 4 aromatic rings. The van der Waals surface area contributed by atoms with Gasteiger partial charge in [0.1, 0.15) is 12.4 Å². The fourth-order valence-electron chi connectivity index (χ4n) is 4.32. The molecule has 1 aliphatic rings. The third-order valence-corrected chi connectivity index (χ3v) is 6.57. The molecule has 7 heteroatoms. The highest BCUT2D eigenvalue weighted by Gasteiger charge is 2.32. The second kappa shape index (κ2) is 10.4. The highest BCUT2D eigenvalue weighted by Crippen LogP contribution is 2.33. The zero-order chi connectivity index (χ0) is 25.1. The molecule has 180 valence electrons. The van der Waals surface area contributed by atoms with Gasteiger partial charge in [-0.15, -0.1) is 0 Å². The summed E-state index contributed by atoms with van der Waals surface area (Å²) >= 11 is 11.5. The Morgan fingerprint density at radius 1 is 0.944 bits per heavy atom. The molecule has 0 spiro atoms. The largest absolute Gasteiger partial charge is 0.489 e. The minimum Gasteiger partial charge on any atom is -0.489 e. The van der Waals surface area contributed by atoms with Gasteiger partial charge in [0.05, 0.1) is 24.4 Å². The molecule has 1 atom stereocenters. The number of nitrogens with one attached hydrogen (secondary N) is 2. The normalized spacial score (nSPS) is 15.3. The predicted molar refractivity (Wildman–Crippen MR) is 147 cm³/mol. The maximum absolute atomic E-state index is 12.9. The van der Waals surface area contributed by atoms with Crippen molar-refractivity contribution in [3.8, 4) is 5.75 Å². The number of ether oxygens (including phenoxy) is 2. The van der Waals surface area contributed by atoms with Crippen LogP contribution in [0.25, 0.3) is 16.5 Å². The molecule has 5 rings (SSSR count). The van der Waals surface area contributed by atoms with E-state index >= 15 is 0 Å². The molecule has 0 saturated carbocycles. The first-order valence-corrected chi connectivity index (χ1v) is 12.2. The van der Waals surface area contributed by atoms with Gasteiger partial charge in [-0.1, -0.05) is 78.3 Å². The third-order valence-electron chi connectivity index (χ3n) is 6.10. The fourth-order valence-corrected chi connectivity index (χ4v) is 4.67. The first kappa shape index (κ1) is 23.9. The van der Waals surface area contributed by atoms with Crippen LogP contribution in [-0.2, 0) is 16.1 Å². The summed E-state index contributed by atoms with van der Waals surface area (Å²) in [7, 11) is 1.36. The van der Waals surface area contributed by atoms with Gasteiger partial charge in [0.2, 0.25) is 0 Å². The topological polar surface area (TPSA) is 59.6 Å². The molecule has 2 N–H and O–H groups in total. The van der Waals surface area contributed by atoms with Crippen LogP contribution in [0, 0.1) is 0 Å². The van der Waals surface area contributed by atoms with Gasteiger partial charge >= 0.3 is 5.97 Å². The lowest BCUT2D eigenvalue weighted by molar-refractivity contribution is -0.136. The van der Waals surface area contributed by atoms with Crippen molar-refractivity contribution < 1.29 is 14.3 Å². The Hall–Kier alpha value is -3.87. The van der Waals surface area contributed by atoms with Crippen molar-refractivity contribution in [2.75, 3.05) is 7.11 Å². The number of esters is 1. The molecule has 36 heavy (non-hydrogen) atoms. The summed E-state index contributed by atoms with van der Waals surface area (Å²) in [5, 5.41) is 9.68. The van der Waals surface area contributed by atoms with E-state index in [0.29, 0.717) is 28.0 Å². The minimum atomic E-state index is -0.496. The SMILES string of the molecule is COC(=O)C1=C(c2ccc(Cl)cc2)NC(=S)N[C@H]1c1ccc(OCc2cccc3ccccc23)cc1. The lowest BCUT2D eigenvalue weighted by Gasteiger charge is -2.31. The Morgan fingerprint density at radius 2 is 1.67 bits per heavy atom. The lowest BCUT2D eigenvalue weighted by atomic mass is 9.93. The van der Waals surface area contributed by atoms with E-state index in [-0.39, 0.29) is 0 Å². The highest BCUT2D eigenvalue weighted by atomic mass is 35.5. The summed E-state index contributed by atoms with van der Waals surface area (Å²) in [5.74, 6) is 0.272. The number of halogens is 1. The van der Waals surface area contributed by atoms with Crippen LogP contribution in [0.3, 0.4) is 0 Å². The van der Waals surface area contributed by atoms with Crippen LogP contribution < -0.4 is 15.4 Å². The summed E-state index contributed by atoms with van der Waals surface area (Å²) in [6.45, 7) is 0.449. The van der Waals surface area contributed by atoms with E-state index in [1.807, 2.05) is 54.6 Å². The molecule has 0 amide bonds. The maximum atomic E-state index is 12.9. The number of thiocarbonyl (C=S) groups is 1. The van der Waals surface area contributed by atoms with Gasteiger partial charge in [-0.3, -0.25) is 0 Å². The van der Waals surface area contributed by atoms with Gasteiger partial charge < -0.3 is 20.1 Å². The van der Waals surface area contributed by atoms with Gasteiger partial charge in [0.15, 0.2) is 5.11 Å². The number of methoxy groups -OCH3 is 1. The smallest absolute Gasteiger partial charge is 0.338 e. The molecule has 0 aliphatic carbocycles. The molecular weight excluding hydrogens is 492 g/mol. The van der Waals surface area contributed by atoms with E-state index in [9.17, 15) is 4.79 Å². The van der Waals surface area contributed by atoms with E-state index in [1.54, 1.807) is 12.1 Å². The number of rotatable bonds is 6. The van der Waals surface area contributed by atoms with Crippen molar-refractivity contribution >= 4 is 51.4 Å². The van der Waals surface area contributed by atoms with E-state index in [2.05, 4.69) is 34.9 Å². The summed E-state index contributed by atoms with van der Waals surface area (Å²) < 4.78 is 11.2. The summed E-state index contributed by atoms with van der Waals surface area (Å²) in [4.78, 5) is 12.9. The Kier molecular flexibility index (Phi) is 6.89. The number of carbonyl (C=O) groups is 1. The van der Waals surface area contributed by atoms with Crippen molar-refractivity contribution in [2.24, 2.45) is 0 Å². The van der Waals surface area contributed by atoms with E-state index in [4.69, 9.17) is 33.3 Å². The second-order valence-electron chi connectivity index (χ2n) is 8.31. The number of hydrogen-bond acceptors (Lipinski definition) is 4. The molecule has 0 bridgehead atoms. The van der Waals surface area contributed by atoms with Gasteiger partial charge in [-0.25, -0.2) is 4.79 Å². The van der Waals surface area contributed by atoms with E-state index < -0.39 is 12.0 Å². The van der Waals surface area contributed by atoms with Gasteiger partial charge in [-0.2, -0.15) is 0 Å². The number of benzene rings is 4. The van der Waals surface area contributed by atoms with Crippen molar-refractivity contribution in [1.82, 2.24) is 10.6 Å². The first-order valence-electron chi connectivity index (χ1n) is 11.4. The van der Waals surface area contributed by atoms with Crippen LogP contribution in [0.1, 0.15) is 22.7 Å². The van der Waals surface area contributed by atoms with E-state index in [1.165, 1.54) is 17.9 Å². The molecule has 0 radical (unpaired) electrons. The molecule has 4 aromatic carbocycles. The molecule has 0 saturated heterocycles. The van der Waals surface area contributed by atoms with Gasteiger partial charge in [0, 0.05) is 5.02 Å². The average Bonchev–Trinajstić information content (AvgIpc) is 2.91. The molecule has 1 aliphatic heterocycles. The quantitative estimate of drug-likeness (QED) is 0.237. The molecule has 0 fully saturated rings. The summed E-state index contributed by atoms with van der Waals surface area (Å²) in [6.07, 6.45) is 0. The fraction of sp³-hybridized carbons (Fsp3) is 0.103. The molecule has 5 nitrogen and oxygen atoms in total. The van der Waals surface area contributed by atoms with Crippen LogP contribution in [0.4, 0.5) is 0 Å². The van der Waals surface area contributed by atoms with Crippen LogP contribution in [0.15, 0.2) is 96.6 Å². The van der Waals surface area contributed by atoms with Crippen molar-refractivity contribution in [1.29, 1.82) is 0 Å². The zero-order valence-corrected chi connectivity index (χ0v) is 21.0. The predicted octanol–water partition coefficient (Wildman–Crippen LogP) is 6.18. The zero-order valence-electron chi connectivity index (χ0n) is 19.5. The van der Waals surface area contributed by atoms with Crippen LogP contribution >= 0.6 is 23.8 Å². The van der Waals surface area contributed by atoms with Crippen molar-refractivity contribution in [3.05, 3.63) is 118 Å². The standard InChI is InChI=1S/C29H23ClN2O3S/c1-34-28(33)25-26(19-9-13-22(30)14-10-19)31-29(36)32-27(25)20-11-15-23(16-12-20)35-17-21-7-4-6-18-5-2-3-8-24(18)21/h2-16,27H,17H2,1H3,(H2,31,32,36)/t27-/m0/s1. The minimum absolute atomic E-state index is 0.411. The molecular formula is C29H23ClN2O3S. The number of hydrogen-bond donors (Lipinski definition) is 2. The Labute approximate surface area is 219 Å². The van der Waals surface area contributed by atoms with Gasteiger partial charge in [-0.05, 0) is 63.9 Å². The molecule has 1 heterocycles. The van der Waals surface area contributed by atoms with Crippen molar-refractivity contribution in [3.63, 3.8) is 0 Å². The number of carbonyl (C=O) groups excluding carboxylic acids is 1. The molecule has 0 aromatic heterocycles. The summed E-state index contributed by atoms with van der Waals surface area (Å²) in [6, 6.07) is 28.8. The Bertz CT molecular complexity index is 1460. The van der Waals surface area contributed by atoms with Crippen molar-refractivity contribution in [2.45, 2.75) is 12.6 Å². The summed E-state index contributed by atoms with van der Waals surface area (Å²) in [5.41, 5.74) is 3.76. The molecule has 0 unspecified atom stereocenters. The second-order valence-corrected chi connectivity index (χ2v) is 9.16. The Balaban J connectivity index is 1.42. The van der Waals surface area contributed by atoms with Crippen LogP contribution in [0.2, 0.25) is 5.02 Å². The average molecular weight is 515 g/mol. The maximum Gasteiger partial charge on any atom is 0.338 e. The van der Waals surface area contributed by atoms with Crippen LogP contribution in [-0.4, -0.2) is 18.2 Å². The highest BCUT2D eigenvalue weighted by molar-refractivity contribution is 7.80. The third kappa shape index (κ3) is 4.91. The van der Waals surface area contributed by atoms with Crippen LogP contribution in [0.5, 0.6) is 5.75 Å². The Morgan fingerprint density at radius 3 is 2.42 bits per heavy atom.